The SMILES string of the molecule is c1ccc2c(c1)NC1CCCNN=C21. The zero-order valence-corrected chi connectivity index (χ0v) is 7.96. The molecule has 0 fully saturated rings. The van der Waals surface area contributed by atoms with E-state index in [2.05, 4.69) is 40.1 Å². The van der Waals surface area contributed by atoms with E-state index >= 15 is 0 Å². The van der Waals surface area contributed by atoms with Crippen molar-refractivity contribution in [2.24, 2.45) is 5.10 Å². The summed E-state index contributed by atoms with van der Waals surface area (Å²) in [4.78, 5) is 0. The molecule has 2 aliphatic heterocycles. The number of benzene rings is 1. The first-order valence-electron chi connectivity index (χ1n) is 5.11. The molecule has 1 atom stereocenters. The fourth-order valence-corrected chi connectivity index (χ4v) is 2.15. The van der Waals surface area contributed by atoms with Gasteiger partial charge in [-0.15, -0.1) is 0 Å². The lowest BCUT2D eigenvalue weighted by atomic mass is 10.0. The van der Waals surface area contributed by atoms with Crippen molar-refractivity contribution in [2.45, 2.75) is 18.9 Å². The van der Waals surface area contributed by atoms with E-state index in [0.29, 0.717) is 6.04 Å². The number of nitrogens with one attached hydrogen (secondary N) is 2. The van der Waals surface area contributed by atoms with Crippen molar-refractivity contribution in [2.75, 3.05) is 11.9 Å². The Morgan fingerprint density at radius 3 is 3.21 bits per heavy atom. The normalized spacial score (nSPS) is 23.7. The van der Waals surface area contributed by atoms with Gasteiger partial charge in [-0.1, -0.05) is 18.2 Å². The second-order valence-corrected chi connectivity index (χ2v) is 3.79. The third-order valence-electron chi connectivity index (χ3n) is 2.84. The molecule has 0 aliphatic carbocycles. The van der Waals surface area contributed by atoms with Crippen molar-refractivity contribution in [3.8, 4) is 0 Å². The van der Waals surface area contributed by atoms with E-state index in [1.165, 1.54) is 29.8 Å². The van der Waals surface area contributed by atoms with Gasteiger partial charge in [-0.25, -0.2) is 0 Å². The standard InChI is InChI=1S/C11H13N3/c1-2-5-9-8(4-1)11-10(13-9)6-3-7-12-14-11/h1-2,4-5,10,12-13H,3,6-7H2. The zero-order chi connectivity index (χ0) is 9.38. The van der Waals surface area contributed by atoms with Gasteiger partial charge in [-0.05, 0) is 18.9 Å². The smallest absolute Gasteiger partial charge is 0.0918 e. The van der Waals surface area contributed by atoms with Gasteiger partial charge in [0.15, 0.2) is 0 Å². The van der Waals surface area contributed by atoms with Crippen LogP contribution in [-0.4, -0.2) is 18.3 Å². The largest absolute Gasteiger partial charge is 0.376 e. The summed E-state index contributed by atoms with van der Waals surface area (Å²) in [6.45, 7) is 0.990. The Labute approximate surface area is 83.2 Å². The third kappa shape index (κ3) is 1.09. The maximum Gasteiger partial charge on any atom is 0.0918 e. The Morgan fingerprint density at radius 1 is 1.29 bits per heavy atom. The van der Waals surface area contributed by atoms with Crippen LogP contribution in [0.5, 0.6) is 0 Å². The Hall–Kier alpha value is -1.51. The molecular formula is C11H13N3. The molecule has 0 aromatic heterocycles. The van der Waals surface area contributed by atoms with Crippen molar-refractivity contribution in [3.63, 3.8) is 0 Å². The highest BCUT2D eigenvalue weighted by Gasteiger charge is 2.28. The zero-order valence-electron chi connectivity index (χ0n) is 7.96. The molecule has 0 bridgehead atoms. The summed E-state index contributed by atoms with van der Waals surface area (Å²) in [7, 11) is 0. The maximum absolute atomic E-state index is 4.43. The number of hydrogen-bond acceptors (Lipinski definition) is 3. The average Bonchev–Trinajstić information content (AvgIpc) is 2.42. The Kier molecular flexibility index (Phi) is 1.69. The minimum absolute atomic E-state index is 0.419. The quantitative estimate of drug-likeness (QED) is 0.646. The lowest BCUT2D eigenvalue weighted by Gasteiger charge is -2.07. The summed E-state index contributed by atoms with van der Waals surface area (Å²) in [6, 6.07) is 8.80. The van der Waals surface area contributed by atoms with Crippen LogP contribution in [0.4, 0.5) is 5.69 Å². The number of anilines is 1. The molecule has 0 saturated carbocycles. The van der Waals surface area contributed by atoms with Crippen LogP contribution in [0.15, 0.2) is 29.4 Å². The molecule has 2 heterocycles. The molecule has 0 amide bonds. The van der Waals surface area contributed by atoms with Crippen LogP contribution in [0.1, 0.15) is 18.4 Å². The van der Waals surface area contributed by atoms with Gasteiger partial charge >= 0.3 is 0 Å². The summed E-state index contributed by atoms with van der Waals surface area (Å²) in [5.74, 6) is 0. The van der Waals surface area contributed by atoms with E-state index in [9.17, 15) is 0 Å². The molecule has 1 aromatic rings. The molecule has 2 N–H and O–H groups in total. The van der Waals surface area contributed by atoms with Gasteiger partial charge < -0.3 is 10.7 Å². The Bertz CT molecular complexity index is 384. The summed E-state index contributed by atoms with van der Waals surface area (Å²) in [6.07, 6.45) is 2.35. The van der Waals surface area contributed by atoms with Crippen LogP contribution < -0.4 is 10.7 Å². The molecule has 1 aromatic carbocycles. The molecule has 3 rings (SSSR count). The predicted octanol–water partition coefficient (Wildman–Crippen LogP) is 1.57. The Balaban J connectivity index is 2.07. The second kappa shape index (κ2) is 3.01. The monoisotopic (exact) mass is 187 g/mol. The minimum atomic E-state index is 0.419. The number of rotatable bonds is 0. The van der Waals surface area contributed by atoms with Crippen LogP contribution in [0.2, 0.25) is 0 Å². The predicted molar refractivity (Wildman–Crippen MR) is 57.6 cm³/mol. The molecule has 72 valence electrons. The van der Waals surface area contributed by atoms with Crippen LogP contribution in [0.3, 0.4) is 0 Å². The molecule has 0 saturated heterocycles. The van der Waals surface area contributed by atoms with Crippen LogP contribution in [0.25, 0.3) is 0 Å². The first-order chi connectivity index (χ1) is 6.95. The molecule has 14 heavy (non-hydrogen) atoms. The van der Waals surface area contributed by atoms with E-state index < -0.39 is 0 Å². The van der Waals surface area contributed by atoms with Crippen LogP contribution >= 0.6 is 0 Å². The van der Waals surface area contributed by atoms with Gasteiger partial charge in [0.2, 0.25) is 0 Å². The van der Waals surface area contributed by atoms with Crippen molar-refractivity contribution in [3.05, 3.63) is 29.8 Å². The van der Waals surface area contributed by atoms with Crippen LogP contribution in [0, 0.1) is 0 Å². The van der Waals surface area contributed by atoms with Gasteiger partial charge in [0, 0.05) is 17.8 Å². The molecule has 1 unspecified atom stereocenters. The van der Waals surface area contributed by atoms with Crippen LogP contribution in [-0.2, 0) is 0 Å². The van der Waals surface area contributed by atoms with E-state index in [1.807, 2.05) is 0 Å². The molecule has 0 radical (unpaired) electrons. The maximum atomic E-state index is 4.43. The van der Waals surface area contributed by atoms with E-state index in [4.69, 9.17) is 0 Å². The van der Waals surface area contributed by atoms with E-state index in [1.54, 1.807) is 0 Å². The summed E-state index contributed by atoms with van der Waals surface area (Å²) in [5, 5.41) is 7.94. The molecular weight excluding hydrogens is 174 g/mol. The van der Waals surface area contributed by atoms with Gasteiger partial charge in [-0.3, -0.25) is 0 Å². The summed E-state index contributed by atoms with van der Waals surface area (Å²) >= 11 is 0. The van der Waals surface area contributed by atoms with E-state index in [0.717, 1.165) is 6.54 Å². The van der Waals surface area contributed by atoms with Crippen molar-refractivity contribution < 1.29 is 0 Å². The summed E-state index contributed by atoms with van der Waals surface area (Å²) in [5.41, 5.74) is 6.76. The number of hydrogen-bond donors (Lipinski definition) is 2. The van der Waals surface area contributed by atoms with Crippen molar-refractivity contribution in [1.29, 1.82) is 0 Å². The molecule has 3 heteroatoms. The molecule has 2 aliphatic rings. The number of para-hydroxylation sites is 1. The van der Waals surface area contributed by atoms with Gasteiger partial charge in [0.25, 0.3) is 0 Å². The van der Waals surface area contributed by atoms with Gasteiger partial charge in [0.1, 0.15) is 0 Å². The topological polar surface area (TPSA) is 36.4 Å². The first kappa shape index (κ1) is 7.85. The highest BCUT2D eigenvalue weighted by molar-refractivity contribution is 6.13. The molecule has 0 spiro atoms. The average molecular weight is 187 g/mol. The van der Waals surface area contributed by atoms with Gasteiger partial charge in [0.05, 0.1) is 11.8 Å². The number of fused-ring (bicyclic) bond motifs is 3. The number of hydrazone groups is 1. The highest BCUT2D eigenvalue weighted by atomic mass is 15.3. The lowest BCUT2D eigenvalue weighted by Crippen LogP contribution is -2.22. The van der Waals surface area contributed by atoms with E-state index in [-0.39, 0.29) is 0 Å². The number of nitrogens with zero attached hydrogens (tertiary/aromatic N) is 1. The highest BCUT2D eigenvalue weighted by Crippen LogP contribution is 2.28. The Morgan fingerprint density at radius 2 is 2.21 bits per heavy atom. The molecule has 3 nitrogen and oxygen atoms in total. The van der Waals surface area contributed by atoms with Gasteiger partial charge in [-0.2, -0.15) is 5.10 Å². The first-order valence-corrected chi connectivity index (χ1v) is 5.11. The lowest BCUT2D eigenvalue weighted by molar-refractivity contribution is 0.671. The third-order valence-corrected chi connectivity index (χ3v) is 2.84. The second-order valence-electron chi connectivity index (χ2n) is 3.79. The summed E-state index contributed by atoms with van der Waals surface area (Å²) < 4.78 is 0. The van der Waals surface area contributed by atoms with Crippen molar-refractivity contribution in [1.82, 2.24) is 5.43 Å². The fraction of sp³-hybridized carbons (Fsp3) is 0.364. The minimum Gasteiger partial charge on any atom is -0.376 e. The fourth-order valence-electron chi connectivity index (χ4n) is 2.15. The van der Waals surface area contributed by atoms with Crippen molar-refractivity contribution >= 4 is 11.4 Å².